The maximum Gasteiger partial charge on any atom is 0.212 e. The third-order valence-corrected chi connectivity index (χ3v) is 5.25. The smallest absolute Gasteiger partial charge is 0.212 e. The molecular formula is C14H24N2O3S2. The topological polar surface area (TPSA) is 81.4 Å². The largest absolute Gasteiger partial charge is 0.399 e. The molecule has 1 aromatic carbocycles. The first-order chi connectivity index (χ1) is 10.0. The average Bonchev–Trinajstić information content (AvgIpc) is 2.42. The normalized spacial score (nSPS) is 11.7. The number of hydrogen-bond donors (Lipinski definition) is 2. The summed E-state index contributed by atoms with van der Waals surface area (Å²) >= 11 is 1.49. The number of nitrogen functional groups attached to an aromatic ring is 1. The fraction of sp³-hybridized carbons (Fsp3) is 0.571. The predicted molar refractivity (Wildman–Crippen MR) is 89.1 cm³/mol. The summed E-state index contributed by atoms with van der Waals surface area (Å²) in [5.41, 5.74) is 6.36. The van der Waals surface area contributed by atoms with Gasteiger partial charge in [0.25, 0.3) is 0 Å². The molecule has 0 saturated heterocycles. The van der Waals surface area contributed by atoms with E-state index in [1.54, 1.807) is 0 Å². The molecule has 21 heavy (non-hydrogen) atoms. The van der Waals surface area contributed by atoms with Crippen LogP contribution in [0.25, 0.3) is 0 Å². The van der Waals surface area contributed by atoms with Crippen LogP contribution in [-0.2, 0) is 14.8 Å². The van der Waals surface area contributed by atoms with Crippen LogP contribution in [0.4, 0.5) is 5.69 Å². The molecule has 0 unspecified atom stereocenters. The zero-order valence-corrected chi connectivity index (χ0v) is 14.0. The summed E-state index contributed by atoms with van der Waals surface area (Å²) in [5, 5.41) is 0. The molecule has 0 aliphatic carbocycles. The lowest BCUT2D eigenvalue weighted by atomic mass is 10.3. The monoisotopic (exact) mass is 332 g/mol. The van der Waals surface area contributed by atoms with Crippen molar-refractivity contribution >= 4 is 27.5 Å². The third-order valence-electron chi connectivity index (χ3n) is 2.61. The van der Waals surface area contributed by atoms with Gasteiger partial charge in [0, 0.05) is 36.1 Å². The van der Waals surface area contributed by atoms with Crippen LogP contribution >= 0.6 is 11.8 Å². The molecule has 0 saturated carbocycles. The number of hydrogen-bond acceptors (Lipinski definition) is 5. The number of nitrogens with two attached hydrogens (primary N) is 1. The lowest BCUT2D eigenvalue weighted by Crippen LogP contribution is -2.28. The summed E-state index contributed by atoms with van der Waals surface area (Å²) in [6, 6.07) is 7.44. The summed E-state index contributed by atoms with van der Waals surface area (Å²) in [7, 11) is -3.21. The molecule has 1 aromatic rings. The van der Waals surface area contributed by atoms with Crippen LogP contribution in [0.1, 0.15) is 19.8 Å². The second-order valence-electron chi connectivity index (χ2n) is 4.60. The zero-order chi connectivity index (χ0) is 15.6. The molecule has 0 amide bonds. The number of rotatable bonds is 11. The number of sulfonamides is 1. The highest BCUT2D eigenvalue weighted by molar-refractivity contribution is 8.00. The molecule has 0 fully saturated rings. The van der Waals surface area contributed by atoms with E-state index in [0.717, 1.165) is 17.9 Å². The number of ether oxygens (including phenoxy) is 1. The quantitative estimate of drug-likeness (QED) is 0.368. The fourth-order valence-corrected chi connectivity index (χ4v) is 4.03. The summed E-state index contributed by atoms with van der Waals surface area (Å²) in [6.07, 6.45) is 1.68. The third kappa shape index (κ3) is 8.98. The standard InChI is InChI=1S/C14H24N2O3S2/c1-2-8-19-9-4-7-16-21(17,18)11-10-20-14-6-3-5-13(15)12-14/h3,5-6,12,16H,2,4,7-11,15H2,1H3. The Balaban J connectivity index is 2.17. The molecule has 3 N–H and O–H groups in total. The second kappa shape index (κ2) is 10.0. The molecule has 0 atom stereocenters. The van der Waals surface area contributed by atoms with Gasteiger partial charge in [0.2, 0.25) is 10.0 Å². The van der Waals surface area contributed by atoms with Crippen molar-refractivity contribution in [2.45, 2.75) is 24.7 Å². The van der Waals surface area contributed by atoms with Gasteiger partial charge >= 0.3 is 0 Å². The van der Waals surface area contributed by atoms with Gasteiger partial charge in [-0.2, -0.15) is 0 Å². The number of thioether (sulfide) groups is 1. The van der Waals surface area contributed by atoms with E-state index >= 15 is 0 Å². The molecule has 5 nitrogen and oxygen atoms in total. The molecule has 0 bridgehead atoms. The Bertz CT molecular complexity index is 507. The molecule has 0 aliphatic rings. The number of anilines is 1. The Hall–Kier alpha value is -0.760. The predicted octanol–water partition coefficient (Wildman–Crippen LogP) is 2.10. The Morgan fingerprint density at radius 1 is 1.33 bits per heavy atom. The van der Waals surface area contributed by atoms with E-state index in [1.165, 1.54) is 11.8 Å². The van der Waals surface area contributed by atoms with Crippen molar-refractivity contribution < 1.29 is 13.2 Å². The molecule has 0 heterocycles. The van der Waals surface area contributed by atoms with Crippen molar-refractivity contribution in [1.29, 1.82) is 0 Å². The van der Waals surface area contributed by atoms with Crippen LogP contribution < -0.4 is 10.5 Å². The average molecular weight is 332 g/mol. The van der Waals surface area contributed by atoms with Crippen LogP contribution in [0.2, 0.25) is 0 Å². The summed E-state index contributed by atoms with van der Waals surface area (Å²) < 4.78 is 31.5. The van der Waals surface area contributed by atoms with Gasteiger partial charge in [-0.25, -0.2) is 13.1 Å². The summed E-state index contributed by atoms with van der Waals surface area (Å²) in [5.74, 6) is 0.605. The van der Waals surface area contributed by atoms with Gasteiger partial charge in [-0.3, -0.25) is 0 Å². The Kier molecular flexibility index (Phi) is 8.75. The molecule has 0 spiro atoms. The van der Waals surface area contributed by atoms with Crippen LogP contribution in [0.15, 0.2) is 29.2 Å². The maximum absolute atomic E-state index is 11.8. The highest BCUT2D eigenvalue weighted by atomic mass is 32.2. The summed E-state index contributed by atoms with van der Waals surface area (Å²) in [6.45, 7) is 3.79. The summed E-state index contributed by atoms with van der Waals surface area (Å²) in [4.78, 5) is 0.984. The van der Waals surface area contributed by atoms with Gasteiger partial charge in [0.05, 0.1) is 5.75 Å². The minimum Gasteiger partial charge on any atom is -0.399 e. The number of benzene rings is 1. The van der Waals surface area contributed by atoms with Gasteiger partial charge in [0.15, 0.2) is 0 Å². The zero-order valence-electron chi connectivity index (χ0n) is 12.4. The van der Waals surface area contributed by atoms with Crippen molar-refractivity contribution in [2.75, 3.05) is 37.0 Å². The molecule has 1 rings (SSSR count). The Morgan fingerprint density at radius 3 is 2.86 bits per heavy atom. The van der Waals surface area contributed by atoms with E-state index in [4.69, 9.17) is 10.5 Å². The first-order valence-electron chi connectivity index (χ1n) is 7.07. The van der Waals surface area contributed by atoms with Crippen molar-refractivity contribution in [2.24, 2.45) is 0 Å². The van der Waals surface area contributed by atoms with Crippen molar-refractivity contribution in [1.82, 2.24) is 4.72 Å². The van der Waals surface area contributed by atoms with Gasteiger partial charge in [-0.15, -0.1) is 11.8 Å². The van der Waals surface area contributed by atoms with E-state index in [2.05, 4.69) is 4.72 Å². The van der Waals surface area contributed by atoms with Gasteiger partial charge in [-0.1, -0.05) is 13.0 Å². The molecule has 0 aliphatic heterocycles. The molecule has 0 radical (unpaired) electrons. The van der Waals surface area contributed by atoms with E-state index in [9.17, 15) is 8.42 Å². The SMILES string of the molecule is CCCOCCCNS(=O)(=O)CCSc1cccc(N)c1. The van der Waals surface area contributed by atoms with Crippen molar-refractivity contribution in [3.05, 3.63) is 24.3 Å². The Labute approximate surface area is 131 Å². The van der Waals surface area contributed by atoms with Crippen LogP contribution in [-0.4, -0.2) is 39.7 Å². The molecule has 0 aromatic heterocycles. The minimum atomic E-state index is -3.21. The van der Waals surface area contributed by atoms with Crippen LogP contribution in [0.5, 0.6) is 0 Å². The second-order valence-corrected chi connectivity index (χ2v) is 7.69. The molecular weight excluding hydrogens is 308 g/mol. The van der Waals surface area contributed by atoms with E-state index < -0.39 is 10.0 Å². The fourth-order valence-electron chi connectivity index (χ4n) is 1.59. The lowest BCUT2D eigenvalue weighted by molar-refractivity contribution is 0.133. The van der Waals surface area contributed by atoms with Crippen molar-refractivity contribution in [3.8, 4) is 0 Å². The van der Waals surface area contributed by atoms with E-state index in [1.807, 2.05) is 31.2 Å². The molecule has 7 heteroatoms. The van der Waals surface area contributed by atoms with Crippen LogP contribution in [0, 0.1) is 0 Å². The van der Waals surface area contributed by atoms with Crippen molar-refractivity contribution in [3.63, 3.8) is 0 Å². The van der Waals surface area contributed by atoms with Gasteiger partial charge in [-0.05, 0) is 31.0 Å². The minimum absolute atomic E-state index is 0.0995. The van der Waals surface area contributed by atoms with Gasteiger partial charge in [0.1, 0.15) is 0 Å². The van der Waals surface area contributed by atoms with E-state index in [0.29, 0.717) is 31.0 Å². The Morgan fingerprint density at radius 2 is 2.14 bits per heavy atom. The number of nitrogens with one attached hydrogen (secondary N) is 1. The highest BCUT2D eigenvalue weighted by Gasteiger charge is 2.09. The highest BCUT2D eigenvalue weighted by Crippen LogP contribution is 2.20. The first-order valence-corrected chi connectivity index (χ1v) is 9.70. The first kappa shape index (κ1) is 18.3. The van der Waals surface area contributed by atoms with Crippen LogP contribution in [0.3, 0.4) is 0 Å². The lowest BCUT2D eigenvalue weighted by Gasteiger charge is -2.07. The van der Waals surface area contributed by atoms with E-state index in [-0.39, 0.29) is 5.75 Å². The maximum atomic E-state index is 11.8. The van der Waals surface area contributed by atoms with Gasteiger partial charge < -0.3 is 10.5 Å². The molecule has 120 valence electrons.